The predicted octanol–water partition coefficient (Wildman–Crippen LogP) is 3.07. The van der Waals surface area contributed by atoms with Gasteiger partial charge in [-0.3, -0.25) is 4.79 Å². The lowest BCUT2D eigenvalue weighted by atomic mass is 10.0. The molecule has 1 aliphatic rings. The van der Waals surface area contributed by atoms with Crippen molar-refractivity contribution in [1.82, 2.24) is 9.88 Å². The summed E-state index contributed by atoms with van der Waals surface area (Å²) in [7, 11) is 0. The molecule has 0 unspecified atom stereocenters. The molecule has 1 aliphatic heterocycles. The second-order valence-corrected chi connectivity index (χ2v) is 7.31. The molecule has 2 N–H and O–H groups in total. The van der Waals surface area contributed by atoms with Crippen molar-refractivity contribution >= 4 is 22.5 Å². The lowest BCUT2D eigenvalue weighted by Crippen LogP contribution is -2.46. The molecule has 2 heterocycles. The molecule has 0 atom stereocenters. The van der Waals surface area contributed by atoms with E-state index in [-0.39, 0.29) is 12.3 Å². The predicted molar refractivity (Wildman–Crippen MR) is 114 cm³/mol. The van der Waals surface area contributed by atoms with Crippen molar-refractivity contribution in [2.75, 3.05) is 37.6 Å². The van der Waals surface area contributed by atoms with Crippen molar-refractivity contribution < 1.29 is 4.79 Å². The molecule has 1 amide bonds. The van der Waals surface area contributed by atoms with E-state index in [1.54, 1.807) is 0 Å². The van der Waals surface area contributed by atoms with Crippen molar-refractivity contribution in [3.63, 3.8) is 0 Å². The van der Waals surface area contributed by atoms with Gasteiger partial charge in [-0.1, -0.05) is 55.5 Å². The fourth-order valence-corrected chi connectivity index (χ4v) is 3.84. The second-order valence-electron chi connectivity index (χ2n) is 7.31. The highest BCUT2D eigenvalue weighted by Crippen LogP contribution is 2.30. The summed E-state index contributed by atoms with van der Waals surface area (Å²) >= 11 is 0. The molecule has 5 heteroatoms. The van der Waals surface area contributed by atoms with Gasteiger partial charge in [0.25, 0.3) is 0 Å². The quantitative estimate of drug-likeness (QED) is 0.746. The molecule has 1 fully saturated rings. The van der Waals surface area contributed by atoms with Crippen LogP contribution in [0.2, 0.25) is 0 Å². The van der Waals surface area contributed by atoms with E-state index in [1.165, 1.54) is 10.8 Å². The van der Waals surface area contributed by atoms with Crippen LogP contribution in [0.5, 0.6) is 0 Å². The Balaban J connectivity index is 1.71. The van der Waals surface area contributed by atoms with Gasteiger partial charge in [0.15, 0.2) is 0 Å². The van der Waals surface area contributed by atoms with Gasteiger partial charge in [0.05, 0.1) is 12.1 Å². The van der Waals surface area contributed by atoms with Gasteiger partial charge >= 0.3 is 0 Å². The molecular formula is C23H26N4O. The van der Waals surface area contributed by atoms with E-state index in [2.05, 4.69) is 47.1 Å². The average Bonchev–Trinajstić information content (AvgIpc) is 2.73. The number of nitrogens with two attached hydrogens (primary N) is 1. The monoisotopic (exact) mass is 374 g/mol. The summed E-state index contributed by atoms with van der Waals surface area (Å²) in [6.45, 7) is 7.43. The number of aromatic nitrogens is 1. The molecule has 0 bridgehead atoms. The van der Waals surface area contributed by atoms with Crippen LogP contribution in [0.4, 0.5) is 5.82 Å². The van der Waals surface area contributed by atoms with Gasteiger partial charge in [-0.05, 0) is 23.6 Å². The Morgan fingerprint density at radius 2 is 1.75 bits per heavy atom. The van der Waals surface area contributed by atoms with E-state index >= 15 is 0 Å². The molecular weight excluding hydrogens is 348 g/mol. The maximum atomic E-state index is 11.1. The Kier molecular flexibility index (Phi) is 5.26. The molecule has 2 aromatic carbocycles. The number of likely N-dealkylation sites (N-methyl/N-ethyl adjacent to an activating group) is 1. The van der Waals surface area contributed by atoms with Crippen LogP contribution in [0.1, 0.15) is 12.5 Å². The van der Waals surface area contributed by atoms with E-state index in [4.69, 9.17) is 10.7 Å². The van der Waals surface area contributed by atoms with Crippen LogP contribution in [-0.2, 0) is 11.2 Å². The van der Waals surface area contributed by atoms with Crippen molar-refractivity contribution in [3.8, 4) is 11.3 Å². The second kappa shape index (κ2) is 7.98. The Morgan fingerprint density at radius 3 is 2.43 bits per heavy atom. The van der Waals surface area contributed by atoms with E-state index in [1.807, 2.05) is 24.3 Å². The van der Waals surface area contributed by atoms with Gasteiger partial charge in [0.2, 0.25) is 5.91 Å². The smallest absolute Gasteiger partial charge is 0.221 e. The van der Waals surface area contributed by atoms with Gasteiger partial charge in [-0.25, -0.2) is 4.98 Å². The summed E-state index contributed by atoms with van der Waals surface area (Å²) < 4.78 is 0. The lowest BCUT2D eigenvalue weighted by molar-refractivity contribution is -0.117. The molecule has 0 aliphatic carbocycles. The Hall–Kier alpha value is -2.92. The number of anilines is 1. The number of amides is 1. The molecule has 1 aromatic heterocycles. The highest BCUT2D eigenvalue weighted by atomic mass is 16.1. The fraction of sp³-hybridized carbons (Fsp3) is 0.304. The number of carbonyl (C=O) groups excluding carboxylic acids is 1. The number of primary amides is 1. The minimum Gasteiger partial charge on any atom is -0.369 e. The van der Waals surface area contributed by atoms with Crippen LogP contribution >= 0.6 is 0 Å². The zero-order chi connectivity index (χ0) is 19.5. The SMILES string of the molecule is CCN1CCN(c2nc(-c3ccc(CC(N)=O)cc3)cc3ccccc23)CC1. The number of benzene rings is 2. The topological polar surface area (TPSA) is 62.5 Å². The number of nitrogens with zero attached hydrogens (tertiary/aromatic N) is 3. The van der Waals surface area contributed by atoms with Crippen molar-refractivity contribution in [1.29, 1.82) is 0 Å². The molecule has 1 saturated heterocycles. The molecule has 4 rings (SSSR count). The zero-order valence-corrected chi connectivity index (χ0v) is 16.3. The van der Waals surface area contributed by atoms with Crippen molar-refractivity contribution in [2.24, 2.45) is 5.73 Å². The molecule has 0 spiro atoms. The molecule has 144 valence electrons. The average molecular weight is 374 g/mol. The maximum absolute atomic E-state index is 11.1. The third kappa shape index (κ3) is 3.85. The minimum atomic E-state index is -0.315. The number of pyridine rings is 1. The van der Waals surface area contributed by atoms with E-state index in [0.29, 0.717) is 0 Å². The van der Waals surface area contributed by atoms with Crippen LogP contribution in [0.15, 0.2) is 54.6 Å². The zero-order valence-electron chi connectivity index (χ0n) is 16.3. The maximum Gasteiger partial charge on any atom is 0.221 e. The van der Waals surface area contributed by atoms with Gasteiger partial charge in [0.1, 0.15) is 5.82 Å². The molecule has 5 nitrogen and oxygen atoms in total. The number of piperazine rings is 1. The van der Waals surface area contributed by atoms with Gasteiger partial charge < -0.3 is 15.5 Å². The standard InChI is InChI=1S/C23H26N4O/c1-2-26-11-13-27(14-12-26)23-20-6-4-3-5-19(20)16-21(25-23)18-9-7-17(8-10-18)15-22(24)28/h3-10,16H,2,11-15H2,1H3,(H2,24,28). The number of carbonyl (C=O) groups is 1. The van der Waals surface area contributed by atoms with Crippen molar-refractivity contribution in [3.05, 3.63) is 60.2 Å². The lowest BCUT2D eigenvalue weighted by Gasteiger charge is -2.35. The van der Waals surface area contributed by atoms with E-state index in [9.17, 15) is 4.79 Å². The summed E-state index contributed by atoms with van der Waals surface area (Å²) in [6.07, 6.45) is 0.262. The third-order valence-electron chi connectivity index (χ3n) is 5.47. The van der Waals surface area contributed by atoms with Crippen LogP contribution in [0, 0.1) is 0 Å². The first-order valence-electron chi connectivity index (χ1n) is 9.89. The van der Waals surface area contributed by atoms with Crippen molar-refractivity contribution in [2.45, 2.75) is 13.3 Å². The first-order valence-corrected chi connectivity index (χ1v) is 9.89. The number of hydrogen-bond donors (Lipinski definition) is 1. The first-order chi connectivity index (χ1) is 13.6. The van der Waals surface area contributed by atoms with Crippen LogP contribution < -0.4 is 10.6 Å². The van der Waals surface area contributed by atoms with Gasteiger partial charge in [-0.2, -0.15) is 0 Å². The van der Waals surface area contributed by atoms with E-state index < -0.39 is 0 Å². The first kappa shape index (κ1) is 18.4. The normalized spacial score (nSPS) is 15.1. The third-order valence-corrected chi connectivity index (χ3v) is 5.47. The Morgan fingerprint density at radius 1 is 1.04 bits per heavy atom. The minimum absolute atomic E-state index is 0.262. The molecule has 3 aromatic rings. The summed E-state index contributed by atoms with van der Waals surface area (Å²) in [5, 5.41) is 2.39. The van der Waals surface area contributed by atoms with Gasteiger partial charge in [0, 0.05) is 37.1 Å². The molecule has 0 radical (unpaired) electrons. The number of rotatable bonds is 5. The fourth-order valence-electron chi connectivity index (χ4n) is 3.84. The highest BCUT2D eigenvalue weighted by Gasteiger charge is 2.19. The number of hydrogen-bond acceptors (Lipinski definition) is 4. The summed E-state index contributed by atoms with van der Waals surface area (Å²) in [5.74, 6) is 0.746. The number of fused-ring (bicyclic) bond motifs is 1. The van der Waals surface area contributed by atoms with Gasteiger partial charge in [-0.15, -0.1) is 0 Å². The molecule has 0 saturated carbocycles. The van der Waals surface area contributed by atoms with Crippen LogP contribution in [0.3, 0.4) is 0 Å². The Bertz CT molecular complexity index is 976. The summed E-state index contributed by atoms with van der Waals surface area (Å²) in [5.41, 5.74) is 8.23. The molecule has 28 heavy (non-hydrogen) atoms. The Labute approximate surface area is 165 Å². The highest BCUT2D eigenvalue weighted by molar-refractivity contribution is 5.95. The van der Waals surface area contributed by atoms with E-state index in [0.717, 1.165) is 55.4 Å². The summed E-state index contributed by atoms with van der Waals surface area (Å²) in [4.78, 5) is 21.1. The summed E-state index contributed by atoms with van der Waals surface area (Å²) in [6, 6.07) is 18.5. The van der Waals surface area contributed by atoms with Crippen LogP contribution in [0.25, 0.3) is 22.0 Å². The van der Waals surface area contributed by atoms with Crippen LogP contribution in [-0.4, -0.2) is 48.5 Å². The largest absolute Gasteiger partial charge is 0.369 e.